The van der Waals surface area contributed by atoms with Crippen LogP contribution in [0.3, 0.4) is 0 Å². The largest absolute Gasteiger partial charge is 0.462 e. The van der Waals surface area contributed by atoms with Crippen molar-refractivity contribution in [3.8, 4) is 16.9 Å². The van der Waals surface area contributed by atoms with E-state index in [-0.39, 0.29) is 23.4 Å². The van der Waals surface area contributed by atoms with Gasteiger partial charge in [-0.05, 0) is 31.2 Å². The minimum atomic E-state index is -1.15. The Bertz CT molecular complexity index is 1060. The summed E-state index contributed by atoms with van der Waals surface area (Å²) in [4.78, 5) is 25.9. The van der Waals surface area contributed by atoms with Crippen LogP contribution < -0.4 is 5.43 Å². The van der Waals surface area contributed by atoms with Crippen LogP contribution in [0.5, 0.6) is 0 Å². The smallest absolute Gasteiger partial charge is 0.342 e. The molecule has 0 N–H and O–H groups in total. The maximum Gasteiger partial charge on any atom is 0.342 e. The zero-order valence-corrected chi connectivity index (χ0v) is 13.8. The number of carbonyl (C=O) groups is 1. The number of rotatable bonds is 2. The second-order valence-electron chi connectivity index (χ2n) is 5.42. The number of para-hydroxylation sites is 1. The highest BCUT2D eigenvalue weighted by Crippen LogP contribution is 2.45. The molecule has 7 heteroatoms. The Hall–Kier alpha value is -2.67. The lowest BCUT2D eigenvalue weighted by Crippen LogP contribution is -2.24. The first-order chi connectivity index (χ1) is 12.0. The van der Waals surface area contributed by atoms with Crippen molar-refractivity contribution in [3.63, 3.8) is 0 Å². The first kappa shape index (κ1) is 15.8. The molecule has 2 aliphatic heterocycles. The summed E-state index contributed by atoms with van der Waals surface area (Å²) in [6.45, 7) is 1.74. The molecule has 0 aromatic heterocycles. The van der Waals surface area contributed by atoms with Crippen LogP contribution in [0, 0.1) is 11.8 Å². The Morgan fingerprint density at radius 2 is 1.96 bits per heavy atom. The molecule has 1 aliphatic carbocycles. The number of hydrogen-bond acceptors (Lipinski definition) is 4. The van der Waals surface area contributed by atoms with Gasteiger partial charge in [-0.2, -0.15) is 4.39 Å². The second kappa shape index (κ2) is 5.70. The molecule has 1 aromatic carbocycles. The van der Waals surface area contributed by atoms with E-state index in [4.69, 9.17) is 4.74 Å². The van der Waals surface area contributed by atoms with Gasteiger partial charge in [-0.25, -0.2) is 9.18 Å². The Balaban J connectivity index is 2.12. The summed E-state index contributed by atoms with van der Waals surface area (Å²) >= 11 is 1.29. The highest BCUT2D eigenvalue weighted by Gasteiger charge is 2.31. The number of halogens is 2. The molecule has 1 aromatic rings. The molecular formula is C18H11F2NO3S. The van der Waals surface area contributed by atoms with E-state index in [0.717, 1.165) is 10.6 Å². The van der Waals surface area contributed by atoms with E-state index >= 15 is 0 Å². The maximum atomic E-state index is 14.5. The summed E-state index contributed by atoms with van der Waals surface area (Å²) in [5.41, 5.74) is -0.217. The van der Waals surface area contributed by atoms with Crippen molar-refractivity contribution in [1.82, 2.24) is 4.57 Å². The number of nitrogens with zero attached hydrogens (tertiary/aromatic N) is 1. The van der Waals surface area contributed by atoms with Crippen molar-refractivity contribution >= 4 is 17.7 Å². The molecule has 0 amide bonds. The summed E-state index contributed by atoms with van der Waals surface area (Å²) in [6.07, 6.45) is 0. The van der Waals surface area contributed by atoms with Crippen LogP contribution in [0.25, 0.3) is 16.9 Å². The van der Waals surface area contributed by atoms with Gasteiger partial charge in [0.1, 0.15) is 5.56 Å². The highest BCUT2D eigenvalue weighted by molar-refractivity contribution is 7.99. The van der Waals surface area contributed by atoms with Gasteiger partial charge in [-0.15, -0.1) is 0 Å². The van der Waals surface area contributed by atoms with Gasteiger partial charge in [-0.3, -0.25) is 9.36 Å². The maximum absolute atomic E-state index is 14.5. The molecule has 0 saturated carbocycles. The molecule has 0 spiro atoms. The number of fused-ring (bicyclic) bond motifs is 2. The lowest BCUT2D eigenvalue weighted by molar-refractivity contribution is 0.0524. The van der Waals surface area contributed by atoms with Crippen LogP contribution in [-0.4, -0.2) is 17.1 Å². The molecule has 0 fully saturated rings. The zero-order chi connectivity index (χ0) is 17.7. The van der Waals surface area contributed by atoms with E-state index in [1.54, 1.807) is 31.2 Å². The summed E-state index contributed by atoms with van der Waals surface area (Å²) in [5, 5.41) is 0. The van der Waals surface area contributed by atoms with E-state index in [1.807, 2.05) is 0 Å². The Morgan fingerprint density at radius 3 is 2.72 bits per heavy atom. The Morgan fingerprint density at radius 1 is 1.20 bits per heavy atom. The average Bonchev–Trinajstić information content (AvgIpc) is 2.60. The Kier molecular flexibility index (Phi) is 3.61. The van der Waals surface area contributed by atoms with Gasteiger partial charge >= 0.3 is 5.97 Å². The zero-order valence-electron chi connectivity index (χ0n) is 13.0. The third kappa shape index (κ3) is 2.26. The lowest BCUT2D eigenvalue weighted by atomic mass is 10.0. The van der Waals surface area contributed by atoms with Crippen LogP contribution in [-0.2, 0) is 4.74 Å². The van der Waals surface area contributed by atoms with Gasteiger partial charge < -0.3 is 4.74 Å². The third-order valence-corrected chi connectivity index (χ3v) is 5.06. The van der Waals surface area contributed by atoms with Crippen molar-refractivity contribution in [1.29, 1.82) is 0 Å². The number of ether oxygens (including phenoxy) is 1. The number of carbonyl (C=O) groups excluding carboxylic acids is 1. The van der Waals surface area contributed by atoms with Gasteiger partial charge in [-0.1, -0.05) is 23.9 Å². The number of pyridine rings is 1. The van der Waals surface area contributed by atoms with Crippen molar-refractivity contribution in [3.05, 3.63) is 63.9 Å². The number of aromatic nitrogens is 1. The van der Waals surface area contributed by atoms with E-state index in [0.29, 0.717) is 15.5 Å². The SMILES string of the molecule is CCOC(=O)c1cc2c3n(c(F)c(F)cc-3c1=O)-c1ccccc1S2. The monoisotopic (exact) mass is 359 g/mol. The minimum absolute atomic E-state index is 0.0542. The van der Waals surface area contributed by atoms with Crippen molar-refractivity contribution < 1.29 is 18.3 Å². The molecule has 25 heavy (non-hydrogen) atoms. The number of esters is 1. The fraction of sp³-hybridized carbons (Fsp3) is 0.111. The summed E-state index contributed by atoms with van der Waals surface area (Å²) < 4.78 is 34.7. The summed E-state index contributed by atoms with van der Waals surface area (Å²) in [5.74, 6) is -3.01. The summed E-state index contributed by atoms with van der Waals surface area (Å²) in [7, 11) is 0. The fourth-order valence-electron chi connectivity index (χ4n) is 2.92. The molecule has 0 atom stereocenters. The van der Waals surface area contributed by atoms with E-state index in [1.165, 1.54) is 17.8 Å². The normalized spacial score (nSPS) is 12.1. The minimum Gasteiger partial charge on any atom is -0.462 e. The van der Waals surface area contributed by atoms with Crippen molar-refractivity contribution in [2.75, 3.05) is 6.61 Å². The molecule has 126 valence electrons. The topological polar surface area (TPSA) is 48.3 Å². The first-order valence-electron chi connectivity index (χ1n) is 7.55. The molecule has 4 rings (SSSR count). The van der Waals surface area contributed by atoms with Gasteiger partial charge in [0.2, 0.25) is 11.4 Å². The quantitative estimate of drug-likeness (QED) is 0.403. The molecular weight excluding hydrogens is 348 g/mol. The molecule has 0 bridgehead atoms. The van der Waals surface area contributed by atoms with E-state index in [9.17, 15) is 18.4 Å². The van der Waals surface area contributed by atoms with Crippen LogP contribution in [0.2, 0.25) is 0 Å². The summed E-state index contributed by atoms with van der Waals surface area (Å²) in [6, 6.07) is 9.12. The van der Waals surface area contributed by atoms with Crippen LogP contribution >= 0.6 is 11.8 Å². The lowest BCUT2D eigenvalue weighted by Gasteiger charge is -2.26. The highest BCUT2D eigenvalue weighted by atomic mass is 32.2. The molecule has 2 heterocycles. The van der Waals surface area contributed by atoms with Crippen molar-refractivity contribution in [2.45, 2.75) is 16.7 Å². The van der Waals surface area contributed by atoms with Crippen LogP contribution in [0.4, 0.5) is 8.78 Å². The van der Waals surface area contributed by atoms with Gasteiger partial charge in [0.15, 0.2) is 5.82 Å². The molecule has 0 radical (unpaired) electrons. The fourth-order valence-corrected chi connectivity index (χ4v) is 4.04. The molecule has 3 aliphatic rings. The third-order valence-electron chi connectivity index (χ3n) is 3.96. The number of hydrogen-bond donors (Lipinski definition) is 0. The second-order valence-corrected chi connectivity index (χ2v) is 6.51. The van der Waals surface area contributed by atoms with Crippen molar-refractivity contribution in [2.24, 2.45) is 0 Å². The molecule has 4 nitrogen and oxygen atoms in total. The van der Waals surface area contributed by atoms with Crippen LogP contribution in [0.1, 0.15) is 17.3 Å². The van der Waals surface area contributed by atoms with Gasteiger partial charge in [0.25, 0.3) is 0 Å². The van der Waals surface area contributed by atoms with Gasteiger partial charge in [0.05, 0.1) is 23.6 Å². The standard InChI is InChI=1S/C18H11F2NO3S/c1-2-24-18(23)10-8-14-15-9(16(10)22)7-11(19)17(20)21(15)12-5-3-4-6-13(12)25-14/h3-8H,2H2,1H3. The molecule has 0 saturated heterocycles. The van der Waals surface area contributed by atoms with E-state index in [2.05, 4.69) is 0 Å². The Labute approximate surface area is 145 Å². The van der Waals surface area contributed by atoms with E-state index < -0.39 is 23.2 Å². The van der Waals surface area contributed by atoms with Gasteiger partial charge in [0, 0.05) is 9.79 Å². The average molecular weight is 359 g/mol. The molecule has 0 unspecified atom stereocenters. The number of benzene rings is 2. The first-order valence-corrected chi connectivity index (χ1v) is 8.36. The predicted octanol–water partition coefficient (Wildman–Crippen LogP) is 3.86. The predicted molar refractivity (Wildman–Crippen MR) is 88.7 cm³/mol. The van der Waals surface area contributed by atoms with Crippen LogP contribution in [0.15, 0.2) is 51.0 Å².